The summed E-state index contributed by atoms with van der Waals surface area (Å²) in [6.07, 6.45) is 0. The summed E-state index contributed by atoms with van der Waals surface area (Å²) in [5.41, 5.74) is 4.15. The molecule has 0 unspecified atom stereocenters. The van der Waals surface area contributed by atoms with Crippen LogP contribution in [-0.2, 0) is 11.3 Å². The van der Waals surface area contributed by atoms with Gasteiger partial charge in [0.1, 0.15) is 5.03 Å². The van der Waals surface area contributed by atoms with Crippen LogP contribution >= 0.6 is 11.8 Å². The molecule has 0 aliphatic carbocycles. The van der Waals surface area contributed by atoms with Gasteiger partial charge in [0.25, 0.3) is 0 Å². The molecule has 0 saturated heterocycles. The Bertz CT molecular complexity index is 1120. The van der Waals surface area contributed by atoms with Gasteiger partial charge in [0, 0.05) is 12.1 Å². The Kier molecular flexibility index (Phi) is 5.86. The van der Waals surface area contributed by atoms with Crippen molar-refractivity contribution in [1.82, 2.24) is 15.5 Å². The molecule has 4 rings (SSSR count). The lowest BCUT2D eigenvalue weighted by Crippen LogP contribution is -2.24. The number of aromatic nitrogens is 2. The highest BCUT2D eigenvalue weighted by Crippen LogP contribution is 2.24. The van der Waals surface area contributed by atoms with Crippen LogP contribution in [0.2, 0.25) is 0 Å². The number of rotatable bonds is 6. The molecule has 0 radical (unpaired) electrons. The Morgan fingerprint density at radius 2 is 1.69 bits per heavy atom. The summed E-state index contributed by atoms with van der Waals surface area (Å²) in [6, 6.07) is 26.5. The van der Waals surface area contributed by atoms with Gasteiger partial charge in [-0.05, 0) is 41.5 Å². The van der Waals surface area contributed by atoms with Gasteiger partial charge in [0.05, 0.1) is 11.4 Å². The van der Waals surface area contributed by atoms with Crippen molar-refractivity contribution >= 4 is 28.4 Å². The fraction of sp³-hybridized carbons (Fsp3) is 0.125. The minimum Gasteiger partial charge on any atom is -0.351 e. The van der Waals surface area contributed by atoms with E-state index in [4.69, 9.17) is 0 Å². The van der Waals surface area contributed by atoms with Crippen molar-refractivity contribution in [3.63, 3.8) is 0 Å². The van der Waals surface area contributed by atoms with Gasteiger partial charge in [-0.25, -0.2) is 0 Å². The van der Waals surface area contributed by atoms with Crippen LogP contribution in [0.1, 0.15) is 11.1 Å². The molecular formula is C24H21N3OS. The summed E-state index contributed by atoms with van der Waals surface area (Å²) in [4.78, 5) is 12.1. The number of amides is 1. The Morgan fingerprint density at radius 3 is 2.45 bits per heavy atom. The second kappa shape index (κ2) is 8.88. The number of benzene rings is 3. The van der Waals surface area contributed by atoms with Crippen molar-refractivity contribution in [3.05, 3.63) is 90.0 Å². The average molecular weight is 400 g/mol. The van der Waals surface area contributed by atoms with Crippen LogP contribution in [0, 0.1) is 6.92 Å². The van der Waals surface area contributed by atoms with E-state index in [2.05, 4.69) is 45.8 Å². The Balaban J connectivity index is 1.32. The minimum atomic E-state index is -0.0176. The molecule has 29 heavy (non-hydrogen) atoms. The highest BCUT2D eigenvalue weighted by molar-refractivity contribution is 7.99. The number of hydrogen-bond acceptors (Lipinski definition) is 4. The first kappa shape index (κ1) is 19.2. The molecule has 0 atom stereocenters. The molecule has 0 bridgehead atoms. The van der Waals surface area contributed by atoms with Gasteiger partial charge in [0.2, 0.25) is 5.91 Å². The van der Waals surface area contributed by atoms with Crippen LogP contribution in [0.3, 0.4) is 0 Å². The number of carbonyl (C=O) groups excluding carboxylic acids is 1. The monoisotopic (exact) mass is 399 g/mol. The maximum atomic E-state index is 12.1. The van der Waals surface area contributed by atoms with E-state index in [9.17, 15) is 4.79 Å². The van der Waals surface area contributed by atoms with E-state index in [0.717, 1.165) is 21.8 Å². The van der Waals surface area contributed by atoms with Gasteiger partial charge in [-0.15, -0.1) is 10.2 Å². The van der Waals surface area contributed by atoms with E-state index in [0.29, 0.717) is 12.3 Å². The molecule has 1 amide bonds. The van der Waals surface area contributed by atoms with E-state index < -0.39 is 0 Å². The minimum absolute atomic E-state index is 0.0176. The summed E-state index contributed by atoms with van der Waals surface area (Å²) < 4.78 is 0. The highest BCUT2D eigenvalue weighted by atomic mass is 32.2. The summed E-state index contributed by atoms with van der Waals surface area (Å²) in [6.45, 7) is 2.58. The van der Waals surface area contributed by atoms with Crippen LogP contribution in [0.15, 0.2) is 83.9 Å². The first-order valence-corrected chi connectivity index (χ1v) is 10.4. The second-order valence-electron chi connectivity index (χ2n) is 6.87. The van der Waals surface area contributed by atoms with Crippen molar-refractivity contribution in [1.29, 1.82) is 0 Å². The second-order valence-corrected chi connectivity index (χ2v) is 7.87. The van der Waals surface area contributed by atoms with E-state index in [1.165, 1.54) is 28.1 Å². The van der Waals surface area contributed by atoms with Crippen LogP contribution in [0.4, 0.5) is 0 Å². The van der Waals surface area contributed by atoms with Crippen molar-refractivity contribution in [2.75, 3.05) is 5.75 Å². The lowest BCUT2D eigenvalue weighted by Gasteiger charge is -2.06. The van der Waals surface area contributed by atoms with Gasteiger partial charge in [-0.1, -0.05) is 78.0 Å². The smallest absolute Gasteiger partial charge is 0.230 e. The third-order valence-electron chi connectivity index (χ3n) is 4.65. The SMILES string of the molecule is Cc1ccc(CNC(=O)CSc2ccc(-c3ccc4ccccc4c3)nn2)cc1. The molecule has 4 aromatic rings. The fourth-order valence-electron chi connectivity index (χ4n) is 3.00. The molecule has 0 saturated carbocycles. The maximum absolute atomic E-state index is 12.1. The predicted molar refractivity (Wildman–Crippen MR) is 119 cm³/mol. The van der Waals surface area contributed by atoms with E-state index in [-0.39, 0.29) is 5.91 Å². The summed E-state index contributed by atoms with van der Waals surface area (Å²) >= 11 is 1.39. The molecule has 1 N–H and O–H groups in total. The molecule has 4 nitrogen and oxygen atoms in total. The maximum Gasteiger partial charge on any atom is 0.230 e. The molecule has 1 heterocycles. The normalized spacial score (nSPS) is 10.8. The van der Waals surface area contributed by atoms with Crippen LogP contribution in [0.25, 0.3) is 22.0 Å². The third-order valence-corrected chi connectivity index (χ3v) is 5.57. The summed E-state index contributed by atoms with van der Waals surface area (Å²) in [7, 11) is 0. The largest absolute Gasteiger partial charge is 0.351 e. The molecule has 3 aromatic carbocycles. The van der Waals surface area contributed by atoms with Crippen molar-refractivity contribution in [3.8, 4) is 11.3 Å². The zero-order valence-electron chi connectivity index (χ0n) is 16.1. The predicted octanol–water partition coefficient (Wildman–Crippen LogP) is 5.01. The molecule has 5 heteroatoms. The van der Waals surface area contributed by atoms with Gasteiger partial charge in [-0.2, -0.15) is 0 Å². The number of aryl methyl sites for hydroxylation is 1. The molecule has 0 aliphatic rings. The molecule has 0 aliphatic heterocycles. The summed E-state index contributed by atoms with van der Waals surface area (Å²) in [5, 5.41) is 14.7. The third kappa shape index (κ3) is 5.00. The standard InChI is InChI=1S/C24H21N3OS/c1-17-6-8-18(9-7-17)15-25-23(28)16-29-24-13-12-22(26-27-24)21-11-10-19-4-2-3-5-20(19)14-21/h2-14H,15-16H2,1H3,(H,25,28). The number of hydrogen-bond donors (Lipinski definition) is 1. The summed E-state index contributed by atoms with van der Waals surface area (Å²) in [5.74, 6) is 0.298. The number of fused-ring (bicyclic) bond motifs is 1. The quantitative estimate of drug-likeness (QED) is 0.463. The lowest BCUT2D eigenvalue weighted by atomic mass is 10.1. The molecular weight excluding hydrogens is 378 g/mol. The molecule has 0 fully saturated rings. The van der Waals surface area contributed by atoms with Crippen molar-refractivity contribution in [2.24, 2.45) is 0 Å². The van der Waals surface area contributed by atoms with Gasteiger partial charge >= 0.3 is 0 Å². The van der Waals surface area contributed by atoms with Crippen LogP contribution in [0.5, 0.6) is 0 Å². The molecule has 1 aromatic heterocycles. The lowest BCUT2D eigenvalue weighted by molar-refractivity contribution is -0.118. The van der Waals surface area contributed by atoms with Gasteiger partial charge < -0.3 is 5.32 Å². The van der Waals surface area contributed by atoms with Crippen molar-refractivity contribution < 1.29 is 4.79 Å². The Labute approximate surface area is 174 Å². The Hall–Kier alpha value is -3.18. The number of thioether (sulfide) groups is 1. The topological polar surface area (TPSA) is 54.9 Å². The highest BCUT2D eigenvalue weighted by Gasteiger charge is 2.06. The van der Waals surface area contributed by atoms with Crippen LogP contribution < -0.4 is 5.32 Å². The first-order valence-electron chi connectivity index (χ1n) is 9.45. The number of carbonyl (C=O) groups is 1. The van der Waals surface area contributed by atoms with Crippen LogP contribution in [-0.4, -0.2) is 21.9 Å². The Morgan fingerprint density at radius 1 is 0.897 bits per heavy atom. The van der Waals surface area contributed by atoms with Crippen molar-refractivity contribution in [2.45, 2.75) is 18.5 Å². The van der Waals surface area contributed by atoms with E-state index in [1.807, 2.05) is 55.5 Å². The zero-order valence-corrected chi connectivity index (χ0v) is 16.9. The molecule has 0 spiro atoms. The van der Waals surface area contributed by atoms with Gasteiger partial charge in [-0.3, -0.25) is 4.79 Å². The number of nitrogens with one attached hydrogen (secondary N) is 1. The first-order chi connectivity index (χ1) is 14.2. The zero-order chi connectivity index (χ0) is 20.1. The average Bonchev–Trinajstić information content (AvgIpc) is 2.77. The number of nitrogens with zero attached hydrogens (tertiary/aromatic N) is 2. The molecule has 144 valence electrons. The van der Waals surface area contributed by atoms with E-state index in [1.54, 1.807) is 0 Å². The van der Waals surface area contributed by atoms with E-state index >= 15 is 0 Å². The van der Waals surface area contributed by atoms with Gasteiger partial charge in [0.15, 0.2) is 0 Å². The fourth-order valence-corrected chi connectivity index (χ4v) is 3.64.